The molecule has 10 heteroatoms. The summed E-state index contributed by atoms with van der Waals surface area (Å²) in [5.74, 6) is -1.17. The fourth-order valence-corrected chi connectivity index (χ4v) is 5.18. The molecule has 0 aliphatic carbocycles. The van der Waals surface area contributed by atoms with Crippen molar-refractivity contribution in [3.8, 4) is 0 Å². The molecule has 0 radical (unpaired) electrons. The van der Waals surface area contributed by atoms with E-state index in [2.05, 4.69) is 22.7 Å². The number of rotatable bonds is 6. The van der Waals surface area contributed by atoms with Crippen LogP contribution in [0.1, 0.15) is 19.4 Å². The van der Waals surface area contributed by atoms with Gasteiger partial charge in [-0.1, -0.05) is 6.07 Å². The van der Waals surface area contributed by atoms with Gasteiger partial charge < -0.3 is 5.11 Å². The van der Waals surface area contributed by atoms with Crippen molar-refractivity contribution in [3.63, 3.8) is 0 Å². The van der Waals surface area contributed by atoms with E-state index in [-0.39, 0.29) is 29.0 Å². The molecular weight excluding hydrogens is 392 g/mol. The number of thiol groups is 1. The van der Waals surface area contributed by atoms with Crippen LogP contribution in [0.15, 0.2) is 30.9 Å². The van der Waals surface area contributed by atoms with Crippen LogP contribution in [0.3, 0.4) is 0 Å². The summed E-state index contributed by atoms with van der Waals surface area (Å²) in [4.78, 5) is 15.6. The highest BCUT2D eigenvalue weighted by atomic mass is 35.5. The molecule has 1 heterocycles. The fraction of sp³-hybridized carbons (Fsp3) is 0.400. The summed E-state index contributed by atoms with van der Waals surface area (Å²) < 4.78 is 28.6. The van der Waals surface area contributed by atoms with Crippen LogP contribution in [-0.2, 0) is 23.0 Å². The first-order valence-corrected chi connectivity index (χ1v) is 9.13. The molecule has 0 spiro atoms. The Labute approximate surface area is 159 Å². The normalized spacial score (nSPS) is 15.8. The monoisotopic (exact) mass is 410 g/mol. The Bertz CT molecular complexity index is 721. The van der Waals surface area contributed by atoms with E-state index in [0.29, 0.717) is 11.8 Å². The molecule has 25 heavy (non-hydrogen) atoms. The molecule has 2 aromatic rings. The van der Waals surface area contributed by atoms with E-state index in [1.165, 1.54) is 23.4 Å². The number of nitrogens with zero attached hydrogens (tertiary/aromatic N) is 3. The molecule has 0 aliphatic heterocycles. The summed E-state index contributed by atoms with van der Waals surface area (Å²) in [5, 5.41) is 14.6. The van der Waals surface area contributed by atoms with Crippen LogP contribution in [-0.4, -0.2) is 35.3 Å². The van der Waals surface area contributed by atoms with Crippen molar-refractivity contribution < 1.29 is 18.7 Å². The standard InChI is InChI=1S/C15H17F2N3O2S2.ClH/c1-3-24(14(21)23)10(2)15(22,7-20-9-18-8-19-20)12-5-4-11(16)6-13(12)17;/h4-6,8-10,22H,3,7H2,1-2H3;1H/p+1. The Morgan fingerprint density at radius 1 is 1.48 bits per heavy atom. The van der Waals surface area contributed by atoms with Gasteiger partial charge in [0, 0.05) is 11.6 Å². The number of halogens is 3. The fourth-order valence-electron chi connectivity index (χ4n) is 2.59. The summed E-state index contributed by atoms with van der Waals surface area (Å²) in [7, 11) is -0.920. The molecular formula is C15H19ClF2N3O2S2+. The van der Waals surface area contributed by atoms with Gasteiger partial charge in [0.05, 0.1) is 17.4 Å². The summed E-state index contributed by atoms with van der Waals surface area (Å²) in [6.07, 6.45) is 2.67. The molecule has 3 unspecified atom stereocenters. The maximum absolute atomic E-state index is 14.4. The second kappa shape index (κ2) is 8.98. The average Bonchev–Trinajstić information content (AvgIpc) is 2.99. The Morgan fingerprint density at radius 3 is 2.64 bits per heavy atom. The van der Waals surface area contributed by atoms with Crippen molar-refractivity contribution in [1.82, 2.24) is 14.8 Å². The summed E-state index contributed by atoms with van der Waals surface area (Å²) in [6.45, 7) is 3.33. The average molecular weight is 411 g/mol. The highest BCUT2D eigenvalue weighted by molar-refractivity contribution is 8.30. The zero-order valence-electron chi connectivity index (χ0n) is 13.6. The number of benzene rings is 1. The lowest BCUT2D eigenvalue weighted by molar-refractivity contribution is 0.0126. The Kier molecular flexibility index (Phi) is 7.86. The molecule has 138 valence electrons. The highest BCUT2D eigenvalue weighted by Gasteiger charge is 2.50. The molecule has 0 saturated carbocycles. The second-order valence-corrected chi connectivity index (χ2v) is 8.49. The molecule has 5 nitrogen and oxygen atoms in total. The minimum absolute atomic E-state index is 0. The molecule has 0 aliphatic rings. The van der Waals surface area contributed by atoms with Gasteiger partial charge in [-0.25, -0.2) is 23.2 Å². The van der Waals surface area contributed by atoms with Crippen molar-refractivity contribution in [3.05, 3.63) is 48.1 Å². The van der Waals surface area contributed by atoms with Crippen LogP contribution in [0, 0.1) is 11.6 Å². The lowest BCUT2D eigenvalue weighted by Gasteiger charge is -2.32. The number of carbonyl (C=O) groups excluding carboxylic acids is 1. The Balaban J connectivity index is 0.00000312. The molecule has 3 atom stereocenters. The SMILES string of the molecule is CC[S+](C(=O)S)C(C)C(O)(Cn1cncn1)c1ccc(F)cc1F.Cl. The number of carbonyl (C=O) groups is 1. The minimum Gasteiger partial charge on any atom is -0.378 e. The third-order valence-electron chi connectivity index (χ3n) is 3.90. The van der Waals surface area contributed by atoms with Crippen molar-refractivity contribution in [2.45, 2.75) is 31.2 Å². The van der Waals surface area contributed by atoms with E-state index in [1.807, 2.05) is 0 Å². The molecule has 1 aromatic carbocycles. The number of hydrogen-bond donors (Lipinski definition) is 2. The van der Waals surface area contributed by atoms with E-state index in [4.69, 9.17) is 0 Å². The topological polar surface area (TPSA) is 68.0 Å². The Hall–Kier alpha value is -1.16. The van der Waals surface area contributed by atoms with E-state index >= 15 is 0 Å². The van der Waals surface area contributed by atoms with Crippen LogP contribution in [0.2, 0.25) is 0 Å². The van der Waals surface area contributed by atoms with E-state index in [9.17, 15) is 18.7 Å². The summed E-state index contributed by atoms with van der Waals surface area (Å²) in [6, 6.07) is 2.98. The lowest BCUT2D eigenvalue weighted by atomic mass is 9.90. The van der Waals surface area contributed by atoms with Crippen molar-refractivity contribution >= 4 is 40.4 Å². The van der Waals surface area contributed by atoms with Crippen LogP contribution in [0.25, 0.3) is 0 Å². The molecule has 0 bridgehead atoms. The van der Waals surface area contributed by atoms with Gasteiger partial charge in [0.25, 0.3) is 0 Å². The molecule has 0 saturated heterocycles. The summed E-state index contributed by atoms with van der Waals surface area (Å²) in [5.41, 5.74) is -1.87. The molecule has 0 fully saturated rings. The number of aliphatic hydroxyl groups is 1. The maximum atomic E-state index is 14.4. The quantitative estimate of drug-likeness (QED) is 0.567. The van der Waals surface area contributed by atoms with Gasteiger partial charge in [0.1, 0.15) is 30.0 Å². The predicted molar refractivity (Wildman–Crippen MR) is 99.3 cm³/mol. The summed E-state index contributed by atoms with van der Waals surface area (Å²) >= 11 is 3.89. The zero-order valence-corrected chi connectivity index (χ0v) is 16.1. The van der Waals surface area contributed by atoms with Crippen LogP contribution in [0.4, 0.5) is 13.6 Å². The molecule has 2 rings (SSSR count). The number of hydrogen-bond acceptors (Lipinski definition) is 4. The van der Waals surface area contributed by atoms with E-state index in [1.54, 1.807) is 13.8 Å². The lowest BCUT2D eigenvalue weighted by Crippen LogP contribution is -2.48. The van der Waals surface area contributed by atoms with Gasteiger partial charge in [-0.05, 0) is 32.5 Å². The minimum atomic E-state index is -1.77. The van der Waals surface area contributed by atoms with Crippen molar-refractivity contribution in [2.24, 2.45) is 0 Å². The first kappa shape index (κ1) is 21.9. The molecule has 1 aromatic heterocycles. The van der Waals surface area contributed by atoms with Gasteiger partial charge in [-0.15, -0.1) is 12.4 Å². The van der Waals surface area contributed by atoms with Crippen LogP contribution in [0.5, 0.6) is 0 Å². The largest absolute Gasteiger partial charge is 0.387 e. The van der Waals surface area contributed by atoms with Crippen molar-refractivity contribution in [2.75, 3.05) is 5.75 Å². The third kappa shape index (κ3) is 4.72. The van der Waals surface area contributed by atoms with Gasteiger partial charge in [0.2, 0.25) is 0 Å². The smallest absolute Gasteiger partial charge is 0.378 e. The van der Waals surface area contributed by atoms with E-state index in [0.717, 1.165) is 6.07 Å². The van der Waals surface area contributed by atoms with Crippen LogP contribution >= 0.6 is 25.0 Å². The van der Waals surface area contributed by atoms with Crippen molar-refractivity contribution in [1.29, 1.82) is 0 Å². The first-order valence-electron chi connectivity index (χ1n) is 7.22. The van der Waals surface area contributed by atoms with Gasteiger partial charge >= 0.3 is 4.45 Å². The predicted octanol–water partition coefficient (Wildman–Crippen LogP) is 2.94. The van der Waals surface area contributed by atoms with E-state index < -0.39 is 33.4 Å². The number of aromatic nitrogens is 3. The van der Waals surface area contributed by atoms with Crippen LogP contribution < -0.4 is 0 Å². The third-order valence-corrected chi connectivity index (χ3v) is 6.92. The Morgan fingerprint density at radius 2 is 2.16 bits per heavy atom. The first-order chi connectivity index (χ1) is 11.3. The molecule has 1 N–H and O–H groups in total. The molecule has 0 amide bonds. The maximum Gasteiger partial charge on any atom is 0.387 e. The highest BCUT2D eigenvalue weighted by Crippen LogP contribution is 2.35. The van der Waals surface area contributed by atoms with Gasteiger partial charge in [0.15, 0.2) is 10.9 Å². The van der Waals surface area contributed by atoms with Gasteiger partial charge in [-0.3, -0.25) is 0 Å². The van der Waals surface area contributed by atoms with Gasteiger partial charge in [-0.2, -0.15) is 5.10 Å². The zero-order chi connectivity index (χ0) is 17.9. The second-order valence-electron chi connectivity index (χ2n) is 5.27.